The number of carbonyl (C=O) groups is 1. The van der Waals surface area contributed by atoms with E-state index < -0.39 is 21.4 Å². The Morgan fingerprint density at radius 2 is 1.87 bits per heavy atom. The maximum atomic E-state index is 13.2. The molecule has 1 N–H and O–H groups in total. The van der Waals surface area contributed by atoms with Gasteiger partial charge in [-0.15, -0.1) is 0 Å². The molecule has 0 unspecified atom stereocenters. The van der Waals surface area contributed by atoms with E-state index in [1.807, 2.05) is 0 Å². The number of anilines is 1. The highest BCUT2D eigenvalue weighted by molar-refractivity contribution is 7.90. The highest BCUT2D eigenvalue weighted by atomic mass is 32.2. The Labute approximate surface area is 214 Å². The molecule has 0 saturated carbocycles. The van der Waals surface area contributed by atoms with Crippen molar-refractivity contribution in [2.75, 3.05) is 25.5 Å². The van der Waals surface area contributed by atoms with Gasteiger partial charge in [-0.25, -0.2) is 22.6 Å². The van der Waals surface area contributed by atoms with Crippen molar-refractivity contribution in [2.45, 2.75) is 24.3 Å². The van der Waals surface area contributed by atoms with E-state index in [1.165, 1.54) is 22.5 Å². The molecule has 1 aliphatic heterocycles. The lowest BCUT2D eigenvalue weighted by Gasteiger charge is -2.30. The quantitative estimate of drug-likeness (QED) is 0.392. The van der Waals surface area contributed by atoms with Gasteiger partial charge in [0.2, 0.25) is 0 Å². The number of aromatic nitrogens is 5. The Bertz CT molecular complexity index is 1570. The van der Waals surface area contributed by atoms with Gasteiger partial charge in [-0.3, -0.25) is 4.79 Å². The van der Waals surface area contributed by atoms with Gasteiger partial charge in [-0.1, -0.05) is 0 Å². The first kappa shape index (κ1) is 25.7. The van der Waals surface area contributed by atoms with Crippen molar-refractivity contribution in [3.05, 3.63) is 66.2 Å². The monoisotopic (exact) mass is 549 g/mol. The van der Waals surface area contributed by atoms with Crippen LogP contribution in [0.2, 0.25) is 0 Å². The smallest absolute Gasteiger partial charge is 0.497 e. The summed E-state index contributed by atoms with van der Waals surface area (Å²) in [6, 6.07) is 10.2. The predicted molar refractivity (Wildman–Crippen MR) is 130 cm³/mol. The van der Waals surface area contributed by atoms with Crippen LogP contribution in [-0.2, 0) is 10.0 Å². The SMILES string of the molecule is COc1ccc(-n2nc(C3CCN(S(=O)(=O)C(F)(F)F)CC3)cc2NC(=O)c2cnn3cccnc23)cc1. The van der Waals surface area contributed by atoms with Gasteiger partial charge in [0, 0.05) is 37.5 Å². The van der Waals surface area contributed by atoms with E-state index in [2.05, 4.69) is 20.5 Å². The van der Waals surface area contributed by atoms with Gasteiger partial charge in [-0.2, -0.15) is 27.7 Å². The minimum absolute atomic E-state index is 0.139. The fourth-order valence-corrected chi connectivity index (χ4v) is 5.30. The lowest BCUT2D eigenvalue weighted by Crippen LogP contribution is -2.44. The van der Waals surface area contributed by atoms with Crippen LogP contribution >= 0.6 is 0 Å². The number of ether oxygens (including phenoxy) is 1. The average Bonchev–Trinajstić information content (AvgIpc) is 3.53. The van der Waals surface area contributed by atoms with Gasteiger partial charge in [0.05, 0.1) is 24.7 Å². The first-order valence-corrected chi connectivity index (χ1v) is 12.9. The molecule has 5 rings (SSSR count). The molecule has 0 bridgehead atoms. The number of hydrogen-bond donors (Lipinski definition) is 1. The molecule has 4 aromatic rings. The Kier molecular flexibility index (Phi) is 6.56. The molecule has 0 radical (unpaired) electrons. The van der Waals surface area contributed by atoms with E-state index >= 15 is 0 Å². The van der Waals surface area contributed by atoms with Crippen molar-refractivity contribution in [3.63, 3.8) is 0 Å². The van der Waals surface area contributed by atoms with Gasteiger partial charge in [-0.05, 0) is 43.2 Å². The number of nitrogens with one attached hydrogen (secondary N) is 1. The number of carbonyl (C=O) groups excluding carboxylic acids is 1. The Hall–Kier alpha value is -3.98. The van der Waals surface area contributed by atoms with Crippen molar-refractivity contribution in [3.8, 4) is 11.4 Å². The number of fused-ring (bicyclic) bond motifs is 1. The molecule has 0 spiro atoms. The summed E-state index contributed by atoms with van der Waals surface area (Å²) in [6.07, 6.45) is 4.87. The topological polar surface area (TPSA) is 124 Å². The zero-order valence-electron chi connectivity index (χ0n) is 20.0. The largest absolute Gasteiger partial charge is 0.511 e. The number of benzene rings is 1. The maximum absolute atomic E-state index is 13.2. The molecular formula is C23H22F3N7O4S. The Balaban J connectivity index is 1.44. The summed E-state index contributed by atoms with van der Waals surface area (Å²) < 4.78 is 71.1. The second-order valence-electron chi connectivity index (χ2n) is 8.59. The molecule has 1 saturated heterocycles. The number of amides is 1. The highest BCUT2D eigenvalue weighted by Crippen LogP contribution is 2.35. The minimum Gasteiger partial charge on any atom is -0.497 e. The zero-order chi connectivity index (χ0) is 27.1. The predicted octanol–water partition coefficient (Wildman–Crippen LogP) is 3.20. The molecular weight excluding hydrogens is 527 g/mol. The van der Waals surface area contributed by atoms with E-state index in [-0.39, 0.29) is 37.4 Å². The summed E-state index contributed by atoms with van der Waals surface area (Å²) in [6.45, 7) is -0.588. The Morgan fingerprint density at radius 1 is 1.16 bits per heavy atom. The molecule has 15 heteroatoms. The number of nitrogens with zero attached hydrogens (tertiary/aromatic N) is 6. The van der Waals surface area contributed by atoms with Gasteiger partial charge < -0.3 is 10.1 Å². The maximum Gasteiger partial charge on any atom is 0.511 e. The number of methoxy groups -OCH3 is 1. The van der Waals surface area contributed by atoms with Crippen molar-refractivity contribution in [1.29, 1.82) is 0 Å². The van der Waals surface area contributed by atoms with Gasteiger partial charge in [0.15, 0.2) is 5.65 Å². The molecule has 1 amide bonds. The average molecular weight is 550 g/mol. The molecule has 11 nitrogen and oxygen atoms in total. The van der Waals surface area contributed by atoms with Crippen LogP contribution in [0, 0.1) is 0 Å². The lowest BCUT2D eigenvalue weighted by molar-refractivity contribution is -0.0494. The van der Waals surface area contributed by atoms with Crippen LogP contribution in [0.1, 0.15) is 34.8 Å². The third-order valence-electron chi connectivity index (χ3n) is 6.32. The van der Waals surface area contributed by atoms with E-state index in [0.29, 0.717) is 32.9 Å². The summed E-state index contributed by atoms with van der Waals surface area (Å²) in [5, 5.41) is 11.6. The number of alkyl halides is 3. The Morgan fingerprint density at radius 3 is 2.53 bits per heavy atom. The summed E-state index contributed by atoms with van der Waals surface area (Å²) >= 11 is 0. The number of piperidine rings is 1. The first-order valence-electron chi connectivity index (χ1n) is 11.5. The fraction of sp³-hybridized carbons (Fsp3) is 0.304. The molecule has 0 atom stereocenters. The molecule has 0 aliphatic carbocycles. The van der Waals surface area contributed by atoms with E-state index in [0.717, 1.165) is 0 Å². The zero-order valence-corrected chi connectivity index (χ0v) is 20.8. The van der Waals surface area contributed by atoms with Crippen molar-refractivity contribution in [2.24, 2.45) is 0 Å². The van der Waals surface area contributed by atoms with Crippen LogP contribution < -0.4 is 10.1 Å². The van der Waals surface area contributed by atoms with E-state index in [4.69, 9.17) is 4.74 Å². The number of halogens is 3. The molecule has 38 heavy (non-hydrogen) atoms. The van der Waals surface area contributed by atoms with Crippen molar-refractivity contribution < 1.29 is 31.1 Å². The molecule has 3 aromatic heterocycles. The minimum atomic E-state index is -5.39. The van der Waals surface area contributed by atoms with Gasteiger partial charge >= 0.3 is 15.5 Å². The number of sulfonamides is 1. The van der Waals surface area contributed by atoms with Crippen LogP contribution in [0.3, 0.4) is 0 Å². The third-order valence-corrected chi connectivity index (χ3v) is 7.95. The molecule has 1 aliphatic rings. The van der Waals surface area contributed by atoms with Gasteiger partial charge in [0.1, 0.15) is 17.1 Å². The van der Waals surface area contributed by atoms with Crippen LogP contribution in [0.5, 0.6) is 5.75 Å². The van der Waals surface area contributed by atoms with Gasteiger partial charge in [0.25, 0.3) is 5.91 Å². The summed E-state index contributed by atoms with van der Waals surface area (Å²) in [5.74, 6) is 0.132. The van der Waals surface area contributed by atoms with E-state index in [1.54, 1.807) is 48.8 Å². The van der Waals surface area contributed by atoms with Crippen molar-refractivity contribution >= 4 is 27.4 Å². The number of rotatable bonds is 6. The van der Waals surface area contributed by atoms with Crippen LogP contribution in [0.15, 0.2) is 55.0 Å². The first-order chi connectivity index (χ1) is 18.1. The van der Waals surface area contributed by atoms with E-state index in [9.17, 15) is 26.4 Å². The second kappa shape index (κ2) is 9.72. The summed E-state index contributed by atoms with van der Waals surface area (Å²) in [4.78, 5) is 17.4. The lowest BCUT2D eigenvalue weighted by atomic mass is 9.95. The second-order valence-corrected chi connectivity index (χ2v) is 10.5. The standard InChI is InChI=1S/C23H22F3N7O4S/c1-37-17-5-3-16(4-6-17)33-20(29-22(34)18-14-28-32-10-2-9-27-21(18)32)13-19(30-33)15-7-11-31(12-8-15)38(35,36)23(24,25)26/h2-6,9-10,13-15H,7-8,11-12H2,1H3,(H,29,34). The number of hydrogen-bond acceptors (Lipinski definition) is 7. The third kappa shape index (κ3) is 4.69. The molecule has 1 aromatic carbocycles. The van der Waals surface area contributed by atoms with Crippen LogP contribution in [0.25, 0.3) is 11.3 Å². The molecule has 4 heterocycles. The van der Waals surface area contributed by atoms with Crippen LogP contribution in [-0.4, -0.2) is 68.7 Å². The van der Waals surface area contributed by atoms with Crippen LogP contribution in [0.4, 0.5) is 19.0 Å². The molecule has 1 fully saturated rings. The summed E-state index contributed by atoms with van der Waals surface area (Å²) in [7, 11) is -3.86. The highest BCUT2D eigenvalue weighted by Gasteiger charge is 2.50. The normalized spacial score (nSPS) is 15.6. The molecule has 200 valence electrons. The fourth-order valence-electron chi connectivity index (χ4n) is 4.32. The summed E-state index contributed by atoms with van der Waals surface area (Å²) in [5.41, 5.74) is -3.64. The van der Waals surface area contributed by atoms with Crippen molar-refractivity contribution in [1.82, 2.24) is 28.7 Å².